The van der Waals surface area contributed by atoms with Crippen LogP contribution in [-0.4, -0.2) is 32.0 Å². The van der Waals surface area contributed by atoms with E-state index in [1.807, 2.05) is 0 Å². The summed E-state index contributed by atoms with van der Waals surface area (Å²) in [5.74, 6) is -0.630. The number of carbonyl (C=O) groups excluding carboxylic acids is 1. The third kappa shape index (κ3) is 4.67. The number of nitrogens with one attached hydrogen (secondary N) is 1. The number of non-ortho nitro benzene ring substituents is 1. The number of amides is 1. The maximum Gasteiger partial charge on any atom is 0.271 e. The van der Waals surface area contributed by atoms with Crippen molar-refractivity contribution in [3.8, 4) is 0 Å². The van der Waals surface area contributed by atoms with Crippen molar-refractivity contribution in [1.82, 2.24) is 0 Å². The summed E-state index contributed by atoms with van der Waals surface area (Å²) in [4.78, 5) is 22.4. The number of para-hydroxylation sites is 2. The van der Waals surface area contributed by atoms with Crippen molar-refractivity contribution in [3.05, 3.63) is 58.6 Å². The largest absolute Gasteiger partial charge is 0.397 e. The second kappa shape index (κ2) is 7.18. The summed E-state index contributed by atoms with van der Waals surface area (Å²) in [5.41, 5.74) is 6.15. The summed E-state index contributed by atoms with van der Waals surface area (Å²) in [6.07, 6.45) is 0.913. The molecular formula is C15H16N4O5S. The molecule has 2 aromatic rings. The zero-order valence-corrected chi connectivity index (χ0v) is 14.1. The smallest absolute Gasteiger partial charge is 0.271 e. The van der Waals surface area contributed by atoms with Crippen molar-refractivity contribution in [1.29, 1.82) is 0 Å². The fourth-order valence-corrected chi connectivity index (χ4v) is 2.94. The molecule has 0 spiro atoms. The van der Waals surface area contributed by atoms with E-state index in [2.05, 4.69) is 5.32 Å². The molecule has 0 saturated heterocycles. The predicted octanol–water partition coefficient (Wildman–Crippen LogP) is 1.58. The molecular weight excluding hydrogens is 348 g/mol. The number of sulfonamides is 1. The van der Waals surface area contributed by atoms with Crippen LogP contribution in [0.25, 0.3) is 0 Å². The number of nitrogen functional groups attached to an aromatic ring is 1. The van der Waals surface area contributed by atoms with Crippen LogP contribution in [0, 0.1) is 10.1 Å². The third-order valence-corrected chi connectivity index (χ3v) is 4.39. The molecule has 0 saturated carbocycles. The maximum absolute atomic E-state index is 12.2. The molecule has 0 heterocycles. The van der Waals surface area contributed by atoms with Gasteiger partial charge in [-0.15, -0.1) is 0 Å². The Morgan fingerprint density at radius 1 is 1.24 bits per heavy atom. The molecule has 0 radical (unpaired) electrons. The Morgan fingerprint density at radius 2 is 1.92 bits per heavy atom. The van der Waals surface area contributed by atoms with Crippen LogP contribution in [-0.2, 0) is 14.8 Å². The minimum absolute atomic E-state index is 0.0212. The SMILES string of the molecule is CS(=O)(=O)N(CC(=O)Nc1ccccc1N)c1cccc([N+](=O)[O-])c1. The molecule has 0 aromatic heterocycles. The number of nitrogens with two attached hydrogens (primary N) is 1. The highest BCUT2D eigenvalue weighted by Crippen LogP contribution is 2.23. The molecule has 1 amide bonds. The Kier molecular flexibility index (Phi) is 5.22. The van der Waals surface area contributed by atoms with Gasteiger partial charge < -0.3 is 11.1 Å². The molecule has 0 aliphatic rings. The molecule has 9 nitrogen and oxygen atoms in total. The number of anilines is 3. The van der Waals surface area contributed by atoms with E-state index in [-0.39, 0.29) is 11.4 Å². The van der Waals surface area contributed by atoms with Crippen LogP contribution < -0.4 is 15.4 Å². The van der Waals surface area contributed by atoms with E-state index in [0.717, 1.165) is 16.6 Å². The molecule has 2 rings (SSSR count). The molecule has 0 fully saturated rings. The van der Waals surface area contributed by atoms with Gasteiger partial charge in [0.2, 0.25) is 15.9 Å². The average molecular weight is 364 g/mol. The summed E-state index contributed by atoms with van der Waals surface area (Å²) < 4.78 is 24.8. The van der Waals surface area contributed by atoms with Crippen molar-refractivity contribution in [2.45, 2.75) is 0 Å². The highest BCUT2D eigenvalue weighted by Gasteiger charge is 2.22. The Hall–Kier alpha value is -3.14. The van der Waals surface area contributed by atoms with Gasteiger partial charge >= 0.3 is 0 Å². The Bertz CT molecular complexity index is 914. The molecule has 132 valence electrons. The van der Waals surface area contributed by atoms with Crippen LogP contribution in [0.4, 0.5) is 22.7 Å². The van der Waals surface area contributed by atoms with Crippen molar-refractivity contribution >= 4 is 38.7 Å². The standard InChI is InChI=1S/C15H16N4O5S/c1-25(23,24)18(11-5-4-6-12(9-11)19(21)22)10-15(20)17-14-8-3-2-7-13(14)16/h2-9H,10,16H2,1H3,(H,17,20). The number of hydrogen-bond donors (Lipinski definition) is 2. The van der Waals surface area contributed by atoms with Gasteiger partial charge in [-0.3, -0.25) is 19.2 Å². The fraction of sp³-hybridized carbons (Fsp3) is 0.133. The van der Waals surface area contributed by atoms with Gasteiger partial charge in [-0.2, -0.15) is 0 Å². The monoisotopic (exact) mass is 364 g/mol. The number of nitro benzene ring substituents is 1. The highest BCUT2D eigenvalue weighted by atomic mass is 32.2. The molecule has 0 aliphatic heterocycles. The molecule has 2 aromatic carbocycles. The summed E-state index contributed by atoms with van der Waals surface area (Å²) in [6, 6.07) is 11.6. The first-order chi connectivity index (χ1) is 11.7. The van der Waals surface area contributed by atoms with E-state index in [1.165, 1.54) is 18.2 Å². The first-order valence-corrected chi connectivity index (χ1v) is 8.90. The molecule has 0 bridgehead atoms. The zero-order chi connectivity index (χ0) is 18.6. The maximum atomic E-state index is 12.2. The van der Waals surface area contributed by atoms with E-state index in [1.54, 1.807) is 24.3 Å². The van der Waals surface area contributed by atoms with Gasteiger partial charge in [-0.1, -0.05) is 18.2 Å². The lowest BCUT2D eigenvalue weighted by Crippen LogP contribution is -2.37. The number of rotatable bonds is 6. The number of carbonyl (C=O) groups is 1. The Labute approximate surface area is 144 Å². The molecule has 3 N–H and O–H groups in total. The van der Waals surface area contributed by atoms with E-state index >= 15 is 0 Å². The van der Waals surface area contributed by atoms with Gasteiger partial charge in [0.15, 0.2) is 0 Å². The van der Waals surface area contributed by atoms with Crippen molar-refractivity contribution < 1.29 is 18.1 Å². The highest BCUT2D eigenvalue weighted by molar-refractivity contribution is 7.92. The number of nitro groups is 1. The quantitative estimate of drug-likeness (QED) is 0.454. The summed E-state index contributed by atoms with van der Waals surface area (Å²) >= 11 is 0. The summed E-state index contributed by atoms with van der Waals surface area (Å²) in [5, 5.41) is 13.4. The van der Waals surface area contributed by atoms with Gasteiger partial charge in [0.05, 0.1) is 28.2 Å². The van der Waals surface area contributed by atoms with Crippen molar-refractivity contribution in [2.24, 2.45) is 0 Å². The Morgan fingerprint density at radius 3 is 2.52 bits per heavy atom. The lowest BCUT2D eigenvalue weighted by Gasteiger charge is -2.21. The number of hydrogen-bond acceptors (Lipinski definition) is 6. The minimum Gasteiger partial charge on any atom is -0.397 e. The Balaban J connectivity index is 2.27. The van der Waals surface area contributed by atoms with Gasteiger partial charge in [-0.05, 0) is 18.2 Å². The van der Waals surface area contributed by atoms with Gasteiger partial charge in [0.1, 0.15) is 6.54 Å². The van der Waals surface area contributed by atoms with E-state index in [4.69, 9.17) is 5.73 Å². The van der Waals surface area contributed by atoms with Crippen LogP contribution in [0.2, 0.25) is 0 Å². The fourth-order valence-electron chi connectivity index (χ4n) is 2.09. The van der Waals surface area contributed by atoms with Crippen LogP contribution in [0.5, 0.6) is 0 Å². The minimum atomic E-state index is -3.84. The second-order valence-corrected chi connectivity index (χ2v) is 7.09. The number of nitrogens with zero attached hydrogens (tertiary/aromatic N) is 2. The van der Waals surface area contributed by atoms with Crippen LogP contribution in [0.1, 0.15) is 0 Å². The topological polar surface area (TPSA) is 136 Å². The van der Waals surface area contributed by atoms with Gasteiger partial charge in [0, 0.05) is 12.1 Å². The van der Waals surface area contributed by atoms with Crippen molar-refractivity contribution in [2.75, 3.05) is 28.2 Å². The van der Waals surface area contributed by atoms with Gasteiger partial charge in [0.25, 0.3) is 5.69 Å². The first kappa shape index (κ1) is 18.2. The number of benzene rings is 2. The van der Waals surface area contributed by atoms with Gasteiger partial charge in [-0.25, -0.2) is 8.42 Å². The molecule has 10 heteroatoms. The van der Waals surface area contributed by atoms with Crippen LogP contribution in [0.3, 0.4) is 0 Å². The average Bonchev–Trinajstić information content (AvgIpc) is 2.54. The normalized spacial score (nSPS) is 10.9. The van der Waals surface area contributed by atoms with E-state index in [9.17, 15) is 23.3 Å². The second-order valence-electron chi connectivity index (χ2n) is 5.18. The molecule has 25 heavy (non-hydrogen) atoms. The van der Waals surface area contributed by atoms with E-state index < -0.39 is 27.4 Å². The lowest BCUT2D eigenvalue weighted by molar-refractivity contribution is -0.384. The van der Waals surface area contributed by atoms with E-state index in [0.29, 0.717) is 11.4 Å². The zero-order valence-electron chi connectivity index (χ0n) is 13.2. The lowest BCUT2D eigenvalue weighted by atomic mass is 10.2. The van der Waals surface area contributed by atoms with Crippen molar-refractivity contribution in [3.63, 3.8) is 0 Å². The predicted molar refractivity (Wildman–Crippen MR) is 94.8 cm³/mol. The molecule has 0 aliphatic carbocycles. The van der Waals surface area contributed by atoms with Crippen LogP contribution >= 0.6 is 0 Å². The first-order valence-electron chi connectivity index (χ1n) is 7.05. The molecule has 0 atom stereocenters. The summed E-state index contributed by atoms with van der Waals surface area (Å²) in [7, 11) is -3.84. The van der Waals surface area contributed by atoms with Crippen LogP contribution in [0.15, 0.2) is 48.5 Å². The molecule has 0 unspecified atom stereocenters. The third-order valence-electron chi connectivity index (χ3n) is 3.25. The summed E-state index contributed by atoms with van der Waals surface area (Å²) in [6.45, 7) is -0.547.